The molecule has 2 saturated heterocycles. The van der Waals surface area contributed by atoms with Gasteiger partial charge in [0.1, 0.15) is 5.82 Å². The van der Waals surface area contributed by atoms with Gasteiger partial charge in [-0.05, 0) is 31.2 Å². The molecule has 3 heterocycles. The van der Waals surface area contributed by atoms with Gasteiger partial charge in [-0.15, -0.1) is 0 Å². The average Bonchev–Trinajstić information content (AvgIpc) is 3.60. The van der Waals surface area contributed by atoms with Gasteiger partial charge in [-0.25, -0.2) is 4.98 Å². The number of likely N-dealkylation sites (tertiary alicyclic amines) is 1. The van der Waals surface area contributed by atoms with Gasteiger partial charge in [-0.3, -0.25) is 9.69 Å². The van der Waals surface area contributed by atoms with E-state index in [1.54, 1.807) is 6.20 Å². The van der Waals surface area contributed by atoms with E-state index in [-0.39, 0.29) is 5.91 Å². The molecular weight excluding hydrogens is 544 g/mol. The predicted molar refractivity (Wildman–Crippen MR) is 181 cm³/mol. The maximum Gasteiger partial charge on any atom is 0.252 e. The molecular formula is C37H48N6O. The predicted octanol–water partition coefficient (Wildman–Crippen LogP) is 4.42. The van der Waals surface area contributed by atoms with Crippen molar-refractivity contribution in [3.63, 3.8) is 0 Å². The molecule has 44 heavy (non-hydrogen) atoms. The molecule has 0 radical (unpaired) electrons. The molecule has 1 aliphatic carbocycles. The van der Waals surface area contributed by atoms with Crippen LogP contribution in [-0.2, 0) is 13.1 Å². The van der Waals surface area contributed by atoms with Crippen molar-refractivity contribution in [1.82, 2.24) is 25.0 Å². The highest BCUT2D eigenvalue weighted by Gasteiger charge is 2.27. The molecule has 0 bridgehead atoms. The van der Waals surface area contributed by atoms with Crippen molar-refractivity contribution >= 4 is 18.1 Å². The smallest absolute Gasteiger partial charge is 0.252 e. The summed E-state index contributed by atoms with van der Waals surface area (Å²) in [6.07, 6.45) is 11.7. The Hall–Kier alpha value is -4.10. The molecule has 7 nitrogen and oxygen atoms in total. The molecule has 0 atom stereocenters. The molecule has 3 aliphatic rings. The van der Waals surface area contributed by atoms with E-state index in [0.717, 1.165) is 96.4 Å². The highest BCUT2D eigenvalue weighted by atomic mass is 16.1. The highest BCUT2D eigenvalue weighted by Crippen LogP contribution is 2.25. The zero-order valence-electron chi connectivity index (χ0n) is 26.5. The second-order valence-corrected chi connectivity index (χ2v) is 11.8. The molecule has 0 unspecified atom stereocenters. The normalized spacial score (nSPS) is 16.7. The molecule has 3 aromatic rings. The number of hydrogen-bond acceptors (Lipinski definition) is 6. The van der Waals surface area contributed by atoms with Crippen molar-refractivity contribution in [2.45, 2.75) is 59.0 Å². The third kappa shape index (κ3) is 7.51. The molecule has 6 rings (SSSR count). The SMILES string of the molecule is CCC.N/C=C(\N1CCCC1)N1CCN(Cc2c(-c3ccccc3)nc3c(c2C(=O)NCc2ccccc2)=CCCC=3)CC1. The van der Waals surface area contributed by atoms with E-state index >= 15 is 0 Å². The van der Waals surface area contributed by atoms with E-state index in [2.05, 4.69) is 58.1 Å². The minimum Gasteiger partial charge on any atom is -0.402 e. The van der Waals surface area contributed by atoms with Crippen LogP contribution in [0.1, 0.15) is 67.4 Å². The van der Waals surface area contributed by atoms with Crippen LogP contribution >= 0.6 is 0 Å². The summed E-state index contributed by atoms with van der Waals surface area (Å²) < 4.78 is 0. The fourth-order valence-electron chi connectivity index (χ4n) is 6.30. The molecule has 2 aliphatic heterocycles. The Bertz CT molecular complexity index is 1520. The van der Waals surface area contributed by atoms with Gasteiger partial charge in [0.05, 0.1) is 16.6 Å². The second kappa shape index (κ2) is 15.6. The minimum absolute atomic E-state index is 0.0349. The van der Waals surface area contributed by atoms with Gasteiger partial charge >= 0.3 is 0 Å². The maximum atomic E-state index is 14.0. The zero-order valence-corrected chi connectivity index (χ0v) is 26.5. The molecule has 2 aromatic carbocycles. The first kappa shape index (κ1) is 31.3. The number of nitrogens with one attached hydrogen (secondary N) is 1. The third-order valence-corrected chi connectivity index (χ3v) is 8.45. The Morgan fingerprint density at radius 2 is 1.48 bits per heavy atom. The van der Waals surface area contributed by atoms with Crippen LogP contribution in [0.5, 0.6) is 0 Å². The number of fused-ring (bicyclic) bond motifs is 1. The van der Waals surface area contributed by atoms with Gasteiger partial charge in [0.15, 0.2) is 0 Å². The summed E-state index contributed by atoms with van der Waals surface area (Å²) in [6, 6.07) is 20.4. The van der Waals surface area contributed by atoms with E-state index in [9.17, 15) is 4.79 Å². The first-order chi connectivity index (χ1) is 21.6. The van der Waals surface area contributed by atoms with Crippen LogP contribution in [0, 0.1) is 0 Å². The number of aromatic nitrogens is 1. The fourth-order valence-corrected chi connectivity index (χ4v) is 6.30. The van der Waals surface area contributed by atoms with Crippen LogP contribution in [0.25, 0.3) is 23.4 Å². The molecule has 0 saturated carbocycles. The van der Waals surface area contributed by atoms with Crippen molar-refractivity contribution < 1.29 is 4.79 Å². The van der Waals surface area contributed by atoms with Gasteiger partial charge < -0.3 is 20.9 Å². The summed E-state index contributed by atoms with van der Waals surface area (Å²) in [5.74, 6) is 1.13. The fraction of sp³-hybridized carbons (Fsp3) is 0.405. The number of carbonyl (C=O) groups is 1. The number of rotatable bonds is 8. The zero-order chi connectivity index (χ0) is 30.7. The highest BCUT2D eigenvalue weighted by molar-refractivity contribution is 5.97. The summed E-state index contributed by atoms with van der Waals surface area (Å²) in [7, 11) is 0. The van der Waals surface area contributed by atoms with Gasteiger partial charge in [-0.2, -0.15) is 0 Å². The summed E-state index contributed by atoms with van der Waals surface area (Å²) in [5, 5.41) is 5.11. The van der Waals surface area contributed by atoms with Crippen molar-refractivity contribution in [2.24, 2.45) is 5.73 Å². The quantitative estimate of drug-likeness (QED) is 0.403. The van der Waals surface area contributed by atoms with Crippen LogP contribution in [0.3, 0.4) is 0 Å². The Balaban J connectivity index is 0.00000123. The number of amides is 1. The summed E-state index contributed by atoms with van der Waals surface area (Å²) >= 11 is 0. The third-order valence-electron chi connectivity index (χ3n) is 8.45. The standard InChI is InChI=1S/C34H40N6O.C3H8/c35-23-31(39-17-9-10-18-39)40-21-19-38(20-22-40)25-29-32(34(41)36-24-26-11-3-1-4-12-26)28-15-7-8-16-30(28)37-33(29)27-13-5-2-6-14-27;1-3-2/h1-6,11-16,23H,7-10,17-22,24-25,35H2,(H,36,41);3H2,1-2H3/b31-23+;. The van der Waals surface area contributed by atoms with Crippen LogP contribution in [0.2, 0.25) is 0 Å². The lowest BCUT2D eigenvalue weighted by Gasteiger charge is -2.40. The van der Waals surface area contributed by atoms with E-state index in [1.165, 1.54) is 19.3 Å². The van der Waals surface area contributed by atoms with Gasteiger partial charge in [-0.1, -0.05) is 93.1 Å². The molecule has 2 fully saturated rings. The molecule has 3 N–H and O–H groups in total. The Morgan fingerprint density at radius 1 is 0.864 bits per heavy atom. The second-order valence-electron chi connectivity index (χ2n) is 11.8. The van der Waals surface area contributed by atoms with Crippen molar-refractivity contribution in [3.05, 3.63) is 99.9 Å². The number of carbonyl (C=O) groups excluding carboxylic acids is 1. The first-order valence-corrected chi connectivity index (χ1v) is 16.4. The number of nitrogens with zero attached hydrogens (tertiary/aromatic N) is 4. The van der Waals surface area contributed by atoms with Gasteiger partial charge in [0.25, 0.3) is 5.91 Å². The van der Waals surface area contributed by atoms with E-state index in [1.807, 2.05) is 48.5 Å². The Morgan fingerprint density at radius 3 is 2.14 bits per heavy atom. The number of benzene rings is 2. The van der Waals surface area contributed by atoms with Crippen LogP contribution in [0.15, 0.2) is 72.7 Å². The number of hydrogen-bond donors (Lipinski definition) is 2. The summed E-state index contributed by atoms with van der Waals surface area (Å²) in [4.78, 5) is 26.5. The van der Waals surface area contributed by atoms with Crippen LogP contribution in [0.4, 0.5) is 0 Å². The van der Waals surface area contributed by atoms with Crippen molar-refractivity contribution in [2.75, 3.05) is 39.3 Å². The van der Waals surface area contributed by atoms with E-state index < -0.39 is 0 Å². The van der Waals surface area contributed by atoms with Gasteiger partial charge in [0, 0.05) is 74.9 Å². The minimum atomic E-state index is -0.0349. The van der Waals surface area contributed by atoms with Crippen molar-refractivity contribution in [3.8, 4) is 11.3 Å². The van der Waals surface area contributed by atoms with E-state index in [0.29, 0.717) is 13.1 Å². The van der Waals surface area contributed by atoms with Crippen LogP contribution < -0.4 is 21.6 Å². The number of nitrogens with two attached hydrogens (primary N) is 1. The summed E-state index contributed by atoms with van der Waals surface area (Å²) in [5.41, 5.74) is 10.9. The van der Waals surface area contributed by atoms with Crippen LogP contribution in [-0.4, -0.2) is 64.9 Å². The molecule has 1 amide bonds. The Labute approximate surface area is 262 Å². The molecule has 0 spiro atoms. The number of pyridine rings is 1. The first-order valence-electron chi connectivity index (χ1n) is 16.4. The lowest BCUT2D eigenvalue weighted by atomic mass is 9.95. The molecule has 232 valence electrons. The lowest BCUT2D eigenvalue weighted by molar-refractivity contribution is 0.0944. The largest absolute Gasteiger partial charge is 0.402 e. The molecule has 1 aromatic heterocycles. The van der Waals surface area contributed by atoms with Gasteiger partial charge in [0.2, 0.25) is 0 Å². The Kier molecular flexibility index (Phi) is 11.1. The summed E-state index contributed by atoms with van der Waals surface area (Å²) in [6.45, 7) is 11.2. The number of piperazine rings is 1. The lowest BCUT2D eigenvalue weighted by Crippen LogP contribution is -2.49. The van der Waals surface area contributed by atoms with E-state index in [4.69, 9.17) is 10.7 Å². The average molecular weight is 593 g/mol. The monoisotopic (exact) mass is 592 g/mol. The maximum absolute atomic E-state index is 14.0. The van der Waals surface area contributed by atoms with Crippen molar-refractivity contribution in [1.29, 1.82) is 0 Å². The topological polar surface area (TPSA) is 77.7 Å². The molecule has 7 heteroatoms.